The lowest BCUT2D eigenvalue weighted by molar-refractivity contribution is 0.373. The topological polar surface area (TPSA) is 65.3 Å². The second-order valence-electron chi connectivity index (χ2n) is 4.50. The largest absolute Gasteiger partial charge is 0.504 e. The van der Waals surface area contributed by atoms with Gasteiger partial charge >= 0.3 is 0 Å². The summed E-state index contributed by atoms with van der Waals surface area (Å²) < 4.78 is 5.01. The number of nitriles is 1. The van der Waals surface area contributed by atoms with E-state index in [1.807, 2.05) is 25.1 Å². The summed E-state index contributed by atoms with van der Waals surface area (Å²) in [4.78, 5) is 0. The highest BCUT2D eigenvalue weighted by Gasteiger charge is 2.04. The zero-order valence-corrected chi connectivity index (χ0v) is 11.5. The van der Waals surface area contributed by atoms with E-state index in [-0.39, 0.29) is 5.75 Å². The van der Waals surface area contributed by atoms with E-state index in [0.717, 1.165) is 16.8 Å². The fourth-order valence-electron chi connectivity index (χ4n) is 1.92. The van der Waals surface area contributed by atoms with Crippen LogP contribution >= 0.6 is 0 Å². The van der Waals surface area contributed by atoms with Gasteiger partial charge in [0.25, 0.3) is 0 Å². The van der Waals surface area contributed by atoms with E-state index in [1.54, 1.807) is 18.2 Å². The summed E-state index contributed by atoms with van der Waals surface area (Å²) in [5.41, 5.74) is 3.54. The Hall–Kier alpha value is -2.67. The van der Waals surface area contributed by atoms with Crippen LogP contribution in [0.3, 0.4) is 0 Å². The second-order valence-corrected chi connectivity index (χ2v) is 4.50. The molecule has 0 fully saturated rings. The molecule has 4 nitrogen and oxygen atoms in total. The van der Waals surface area contributed by atoms with E-state index in [0.29, 0.717) is 17.9 Å². The molecule has 0 spiro atoms. The summed E-state index contributed by atoms with van der Waals surface area (Å²) in [6, 6.07) is 12.9. The number of phenolic OH excluding ortho intramolecular Hbond substituents is 1. The van der Waals surface area contributed by atoms with Crippen LogP contribution in [0.4, 0.5) is 5.69 Å². The molecule has 20 heavy (non-hydrogen) atoms. The highest BCUT2D eigenvalue weighted by Crippen LogP contribution is 2.26. The summed E-state index contributed by atoms with van der Waals surface area (Å²) in [6.45, 7) is 2.54. The third-order valence-electron chi connectivity index (χ3n) is 3.09. The van der Waals surface area contributed by atoms with Gasteiger partial charge in [-0.25, -0.2) is 0 Å². The van der Waals surface area contributed by atoms with Crippen LogP contribution < -0.4 is 10.1 Å². The Kier molecular flexibility index (Phi) is 4.11. The molecule has 2 N–H and O–H groups in total. The van der Waals surface area contributed by atoms with Gasteiger partial charge in [-0.05, 0) is 42.3 Å². The minimum atomic E-state index is 0.120. The Balaban J connectivity index is 2.13. The lowest BCUT2D eigenvalue weighted by atomic mass is 10.1. The minimum absolute atomic E-state index is 0.120. The maximum Gasteiger partial charge on any atom is 0.160 e. The van der Waals surface area contributed by atoms with Crippen LogP contribution in [0.15, 0.2) is 36.4 Å². The molecule has 0 radical (unpaired) electrons. The number of ether oxygens (including phenoxy) is 1. The number of anilines is 1. The van der Waals surface area contributed by atoms with Crippen molar-refractivity contribution < 1.29 is 9.84 Å². The van der Waals surface area contributed by atoms with Crippen molar-refractivity contribution in [2.75, 3.05) is 12.4 Å². The Morgan fingerprint density at radius 2 is 2.05 bits per heavy atom. The molecule has 0 aliphatic rings. The summed E-state index contributed by atoms with van der Waals surface area (Å²) in [6.07, 6.45) is 0. The van der Waals surface area contributed by atoms with E-state index < -0.39 is 0 Å². The zero-order valence-electron chi connectivity index (χ0n) is 11.5. The quantitative estimate of drug-likeness (QED) is 0.893. The van der Waals surface area contributed by atoms with Crippen LogP contribution in [0.2, 0.25) is 0 Å². The molecule has 0 amide bonds. The van der Waals surface area contributed by atoms with Gasteiger partial charge in [0.05, 0.1) is 18.7 Å². The van der Waals surface area contributed by atoms with Crippen LogP contribution in [0.5, 0.6) is 11.5 Å². The standard InChI is InChI=1S/C16H16N2O2/c1-11-3-4-12(9-17)7-14(11)18-10-13-5-6-16(20-2)15(19)8-13/h3-8,18-19H,10H2,1-2H3. The summed E-state index contributed by atoms with van der Waals surface area (Å²) in [7, 11) is 1.52. The van der Waals surface area contributed by atoms with Gasteiger partial charge in [-0.2, -0.15) is 5.26 Å². The molecule has 0 aromatic heterocycles. The molecule has 0 bridgehead atoms. The molecule has 2 rings (SSSR count). The number of phenols is 1. The minimum Gasteiger partial charge on any atom is -0.504 e. The van der Waals surface area contributed by atoms with E-state index in [4.69, 9.17) is 10.00 Å². The van der Waals surface area contributed by atoms with Crippen molar-refractivity contribution in [1.29, 1.82) is 5.26 Å². The third-order valence-corrected chi connectivity index (χ3v) is 3.09. The molecule has 0 atom stereocenters. The predicted octanol–water partition coefficient (Wildman–Crippen LogP) is 3.19. The molecule has 4 heteroatoms. The Labute approximate surface area is 118 Å². The second kappa shape index (κ2) is 5.98. The number of rotatable bonds is 4. The van der Waals surface area contributed by atoms with Crippen LogP contribution in [0.1, 0.15) is 16.7 Å². The van der Waals surface area contributed by atoms with Crippen LogP contribution in [0.25, 0.3) is 0 Å². The average molecular weight is 268 g/mol. The first-order valence-corrected chi connectivity index (χ1v) is 6.24. The average Bonchev–Trinajstić information content (AvgIpc) is 2.46. The van der Waals surface area contributed by atoms with E-state index in [2.05, 4.69) is 11.4 Å². The van der Waals surface area contributed by atoms with Crippen LogP contribution in [-0.2, 0) is 6.54 Å². The van der Waals surface area contributed by atoms with Crippen LogP contribution in [-0.4, -0.2) is 12.2 Å². The molecule has 0 unspecified atom stereocenters. The monoisotopic (exact) mass is 268 g/mol. The van der Waals surface area contributed by atoms with Crippen molar-refractivity contribution in [3.63, 3.8) is 0 Å². The molecule has 0 aliphatic carbocycles. The molecule has 0 saturated carbocycles. The molecule has 0 saturated heterocycles. The molecular formula is C16H16N2O2. The number of aromatic hydroxyl groups is 1. The van der Waals surface area contributed by atoms with Gasteiger partial charge in [0, 0.05) is 12.2 Å². The first kappa shape index (κ1) is 13.8. The highest BCUT2D eigenvalue weighted by atomic mass is 16.5. The first-order valence-electron chi connectivity index (χ1n) is 6.24. The number of methoxy groups -OCH3 is 1. The summed E-state index contributed by atoms with van der Waals surface area (Å²) >= 11 is 0. The van der Waals surface area contributed by atoms with Crippen molar-refractivity contribution in [3.8, 4) is 17.6 Å². The zero-order chi connectivity index (χ0) is 14.5. The first-order chi connectivity index (χ1) is 9.63. The lowest BCUT2D eigenvalue weighted by Gasteiger charge is -2.11. The van der Waals surface area contributed by atoms with Crippen molar-refractivity contribution >= 4 is 5.69 Å². The maximum absolute atomic E-state index is 9.73. The summed E-state index contributed by atoms with van der Waals surface area (Å²) in [5, 5.41) is 21.9. The molecule has 2 aromatic carbocycles. The van der Waals surface area contributed by atoms with Crippen molar-refractivity contribution in [2.24, 2.45) is 0 Å². The van der Waals surface area contributed by atoms with Crippen molar-refractivity contribution in [2.45, 2.75) is 13.5 Å². The van der Waals surface area contributed by atoms with Gasteiger partial charge in [-0.15, -0.1) is 0 Å². The SMILES string of the molecule is COc1ccc(CNc2cc(C#N)ccc2C)cc1O. The molecular weight excluding hydrogens is 252 g/mol. The fourth-order valence-corrected chi connectivity index (χ4v) is 1.92. The highest BCUT2D eigenvalue weighted by molar-refractivity contribution is 5.55. The van der Waals surface area contributed by atoms with Crippen molar-refractivity contribution in [1.82, 2.24) is 0 Å². The van der Waals surface area contributed by atoms with Gasteiger partial charge in [0.2, 0.25) is 0 Å². The fraction of sp³-hybridized carbons (Fsp3) is 0.188. The van der Waals surface area contributed by atoms with E-state index >= 15 is 0 Å². The van der Waals surface area contributed by atoms with Gasteiger partial charge in [0.15, 0.2) is 11.5 Å². The van der Waals surface area contributed by atoms with Crippen molar-refractivity contribution in [3.05, 3.63) is 53.1 Å². The molecule has 2 aromatic rings. The molecule has 0 heterocycles. The number of aryl methyl sites for hydroxylation is 1. The lowest BCUT2D eigenvalue weighted by Crippen LogP contribution is -2.01. The van der Waals surface area contributed by atoms with Crippen LogP contribution in [0, 0.1) is 18.3 Å². The Bertz CT molecular complexity index is 660. The third kappa shape index (κ3) is 3.01. The normalized spacial score (nSPS) is 9.85. The van der Waals surface area contributed by atoms with Gasteiger partial charge in [0.1, 0.15) is 0 Å². The maximum atomic E-state index is 9.73. The Morgan fingerprint density at radius 3 is 2.70 bits per heavy atom. The molecule has 0 aliphatic heterocycles. The number of nitrogens with zero attached hydrogens (tertiary/aromatic N) is 1. The van der Waals surface area contributed by atoms with Gasteiger partial charge in [-0.3, -0.25) is 0 Å². The molecule has 102 valence electrons. The number of benzene rings is 2. The smallest absolute Gasteiger partial charge is 0.160 e. The summed E-state index contributed by atoms with van der Waals surface area (Å²) in [5.74, 6) is 0.575. The number of hydrogen-bond donors (Lipinski definition) is 2. The predicted molar refractivity (Wildman–Crippen MR) is 77.9 cm³/mol. The van der Waals surface area contributed by atoms with Gasteiger partial charge in [-0.1, -0.05) is 12.1 Å². The Morgan fingerprint density at radius 1 is 1.25 bits per heavy atom. The number of nitrogens with one attached hydrogen (secondary N) is 1. The van der Waals surface area contributed by atoms with E-state index in [9.17, 15) is 5.11 Å². The van der Waals surface area contributed by atoms with E-state index in [1.165, 1.54) is 7.11 Å². The van der Waals surface area contributed by atoms with Gasteiger partial charge < -0.3 is 15.2 Å². The number of hydrogen-bond acceptors (Lipinski definition) is 4.